The fourth-order valence-corrected chi connectivity index (χ4v) is 3.99. The lowest BCUT2D eigenvalue weighted by Crippen LogP contribution is -2.36. The lowest BCUT2D eigenvalue weighted by atomic mass is 10.0. The highest BCUT2D eigenvalue weighted by Crippen LogP contribution is 2.33. The minimum atomic E-state index is -0.715. The van der Waals surface area contributed by atoms with E-state index in [1.54, 1.807) is 0 Å². The van der Waals surface area contributed by atoms with Gasteiger partial charge in [-0.25, -0.2) is 4.79 Å². The minimum absolute atomic E-state index is 0.0452. The standard InChI is InChI=1S/C11H18N2O3S/c14-9(15)5-3-1-2-4-8-10-7(6-17-8)12-11(16)13-10/h7-8,10H,1-6H2,(H,14,15)(H2,12,13,16). The molecule has 0 aliphatic carbocycles. The zero-order valence-corrected chi connectivity index (χ0v) is 10.5. The third kappa shape index (κ3) is 3.28. The topological polar surface area (TPSA) is 78.4 Å². The third-order valence-electron chi connectivity index (χ3n) is 3.32. The zero-order valence-electron chi connectivity index (χ0n) is 9.65. The number of hydrogen-bond acceptors (Lipinski definition) is 3. The Morgan fingerprint density at radius 2 is 2.18 bits per heavy atom. The average Bonchev–Trinajstić information content (AvgIpc) is 2.77. The molecule has 96 valence electrons. The van der Waals surface area contributed by atoms with E-state index in [0.29, 0.717) is 5.25 Å². The lowest BCUT2D eigenvalue weighted by molar-refractivity contribution is -0.137. The Hall–Kier alpha value is -0.910. The molecule has 0 bridgehead atoms. The van der Waals surface area contributed by atoms with Crippen molar-refractivity contribution in [3.8, 4) is 0 Å². The first kappa shape index (κ1) is 12.5. The molecule has 3 atom stereocenters. The quantitative estimate of drug-likeness (QED) is 0.494. The van der Waals surface area contributed by atoms with Gasteiger partial charge in [0.05, 0.1) is 12.1 Å². The normalized spacial score (nSPS) is 30.8. The van der Waals surface area contributed by atoms with Gasteiger partial charge in [0.1, 0.15) is 0 Å². The SMILES string of the molecule is O=C(O)CCCCCC1SCC2NC(=O)NC21. The number of carbonyl (C=O) groups is 2. The maximum atomic E-state index is 11.2. The summed E-state index contributed by atoms with van der Waals surface area (Å²) >= 11 is 1.91. The van der Waals surface area contributed by atoms with Gasteiger partial charge < -0.3 is 15.7 Å². The maximum absolute atomic E-state index is 11.2. The number of rotatable bonds is 6. The molecule has 2 saturated heterocycles. The molecule has 0 aromatic carbocycles. The summed E-state index contributed by atoms with van der Waals surface area (Å²) in [5.74, 6) is 0.274. The minimum Gasteiger partial charge on any atom is -0.481 e. The third-order valence-corrected chi connectivity index (χ3v) is 4.83. The van der Waals surface area contributed by atoms with E-state index in [2.05, 4.69) is 10.6 Å². The number of unbranched alkanes of at least 4 members (excludes halogenated alkanes) is 2. The fourth-order valence-electron chi connectivity index (χ4n) is 2.44. The summed E-state index contributed by atoms with van der Waals surface area (Å²) in [4.78, 5) is 21.5. The van der Waals surface area contributed by atoms with Crippen LogP contribution in [0.25, 0.3) is 0 Å². The van der Waals surface area contributed by atoms with E-state index in [0.717, 1.165) is 31.4 Å². The number of fused-ring (bicyclic) bond motifs is 1. The van der Waals surface area contributed by atoms with Crippen molar-refractivity contribution >= 4 is 23.8 Å². The van der Waals surface area contributed by atoms with Crippen LogP contribution in [-0.2, 0) is 4.79 Å². The molecule has 2 heterocycles. The highest BCUT2D eigenvalue weighted by atomic mass is 32.2. The van der Waals surface area contributed by atoms with Crippen LogP contribution in [0.4, 0.5) is 4.79 Å². The first-order chi connectivity index (χ1) is 8.16. The van der Waals surface area contributed by atoms with Crippen molar-refractivity contribution in [2.75, 3.05) is 5.75 Å². The molecule has 0 radical (unpaired) electrons. The van der Waals surface area contributed by atoms with Gasteiger partial charge in [0.25, 0.3) is 0 Å². The van der Waals surface area contributed by atoms with Crippen molar-refractivity contribution in [1.29, 1.82) is 0 Å². The second-order valence-corrected chi connectivity index (χ2v) is 5.89. The Morgan fingerprint density at radius 1 is 1.35 bits per heavy atom. The number of carboxylic acids is 1. The van der Waals surface area contributed by atoms with Gasteiger partial charge in [-0.15, -0.1) is 0 Å². The van der Waals surface area contributed by atoms with Crippen molar-refractivity contribution in [2.24, 2.45) is 0 Å². The fraction of sp³-hybridized carbons (Fsp3) is 0.818. The van der Waals surface area contributed by atoms with E-state index in [4.69, 9.17) is 5.11 Å². The molecule has 2 fully saturated rings. The first-order valence-electron chi connectivity index (χ1n) is 6.07. The van der Waals surface area contributed by atoms with Gasteiger partial charge in [0.2, 0.25) is 0 Å². The van der Waals surface area contributed by atoms with Crippen LogP contribution in [0, 0.1) is 0 Å². The largest absolute Gasteiger partial charge is 0.481 e. The van der Waals surface area contributed by atoms with Gasteiger partial charge in [-0.1, -0.05) is 12.8 Å². The number of aliphatic carboxylic acids is 1. The zero-order chi connectivity index (χ0) is 12.3. The molecule has 2 aliphatic heterocycles. The van der Waals surface area contributed by atoms with Gasteiger partial charge in [0.15, 0.2) is 0 Å². The molecule has 0 aromatic heterocycles. The summed E-state index contributed by atoms with van der Waals surface area (Å²) < 4.78 is 0. The number of amides is 2. The maximum Gasteiger partial charge on any atom is 0.315 e. The Balaban J connectivity index is 1.63. The number of urea groups is 1. The Labute approximate surface area is 105 Å². The first-order valence-corrected chi connectivity index (χ1v) is 7.12. The molecular formula is C11H18N2O3S. The van der Waals surface area contributed by atoms with Crippen LogP contribution in [-0.4, -0.2) is 40.2 Å². The predicted octanol–water partition coefficient (Wildman–Crippen LogP) is 1.19. The summed E-state index contributed by atoms with van der Waals surface area (Å²) in [6.07, 6.45) is 4.09. The number of hydrogen-bond donors (Lipinski definition) is 3. The van der Waals surface area contributed by atoms with Crippen molar-refractivity contribution in [3.05, 3.63) is 0 Å². The summed E-state index contributed by atoms with van der Waals surface area (Å²) in [7, 11) is 0. The second kappa shape index (κ2) is 5.62. The molecule has 2 amide bonds. The van der Waals surface area contributed by atoms with Crippen LogP contribution in [0.1, 0.15) is 32.1 Å². The smallest absolute Gasteiger partial charge is 0.315 e. The molecule has 0 saturated carbocycles. The van der Waals surface area contributed by atoms with E-state index < -0.39 is 5.97 Å². The average molecular weight is 258 g/mol. The Kier molecular flexibility index (Phi) is 4.15. The van der Waals surface area contributed by atoms with Crippen LogP contribution in [0.2, 0.25) is 0 Å². The number of thioether (sulfide) groups is 1. The highest BCUT2D eigenvalue weighted by molar-refractivity contribution is 8.00. The number of nitrogens with one attached hydrogen (secondary N) is 2. The lowest BCUT2D eigenvalue weighted by Gasteiger charge is -2.16. The van der Waals surface area contributed by atoms with Crippen LogP contribution >= 0.6 is 11.8 Å². The van der Waals surface area contributed by atoms with Crippen molar-refractivity contribution in [1.82, 2.24) is 10.6 Å². The van der Waals surface area contributed by atoms with Gasteiger partial charge in [0, 0.05) is 17.4 Å². The van der Waals surface area contributed by atoms with Crippen LogP contribution in [0.5, 0.6) is 0 Å². The van der Waals surface area contributed by atoms with Gasteiger partial charge in [-0.2, -0.15) is 11.8 Å². The van der Waals surface area contributed by atoms with Crippen LogP contribution in [0.15, 0.2) is 0 Å². The van der Waals surface area contributed by atoms with E-state index in [1.807, 2.05) is 11.8 Å². The van der Waals surface area contributed by atoms with E-state index >= 15 is 0 Å². The summed E-state index contributed by atoms with van der Waals surface area (Å²) in [6.45, 7) is 0. The summed E-state index contributed by atoms with van der Waals surface area (Å²) in [5.41, 5.74) is 0. The van der Waals surface area contributed by atoms with Crippen molar-refractivity contribution in [3.63, 3.8) is 0 Å². The molecule has 0 spiro atoms. The van der Waals surface area contributed by atoms with Crippen molar-refractivity contribution < 1.29 is 14.7 Å². The molecule has 0 aromatic rings. The molecular weight excluding hydrogens is 240 g/mol. The van der Waals surface area contributed by atoms with Gasteiger partial charge in [-0.3, -0.25) is 4.79 Å². The van der Waals surface area contributed by atoms with Crippen LogP contribution in [0.3, 0.4) is 0 Å². The Morgan fingerprint density at radius 3 is 2.94 bits per heavy atom. The van der Waals surface area contributed by atoms with E-state index in [1.165, 1.54) is 0 Å². The molecule has 2 aliphatic rings. The van der Waals surface area contributed by atoms with Crippen molar-refractivity contribution in [2.45, 2.75) is 49.4 Å². The van der Waals surface area contributed by atoms with Gasteiger partial charge >= 0.3 is 12.0 Å². The monoisotopic (exact) mass is 258 g/mol. The molecule has 3 N–H and O–H groups in total. The van der Waals surface area contributed by atoms with Crippen LogP contribution < -0.4 is 10.6 Å². The molecule has 5 nitrogen and oxygen atoms in total. The Bertz CT molecular complexity index is 311. The summed E-state index contributed by atoms with van der Waals surface area (Å²) in [5, 5.41) is 14.9. The number of carboxylic acid groups (broad SMARTS) is 1. The van der Waals surface area contributed by atoms with Gasteiger partial charge in [-0.05, 0) is 12.8 Å². The molecule has 6 heteroatoms. The molecule has 3 unspecified atom stereocenters. The van der Waals surface area contributed by atoms with E-state index in [9.17, 15) is 9.59 Å². The summed E-state index contributed by atoms with van der Waals surface area (Å²) in [6, 6.07) is 0.514. The molecule has 17 heavy (non-hydrogen) atoms. The second-order valence-electron chi connectivity index (χ2n) is 4.61. The number of carbonyl (C=O) groups excluding carboxylic acids is 1. The predicted molar refractivity (Wildman–Crippen MR) is 66.2 cm³/mol. The van der Waals surface area contributed by atoms with E-state index in [-0.39, 0.29) is 24.5 Å². The highest BCUT2D eigenvalue weighted by Gasteiger charge is 2.42. The molecule has 2 rings (SSSR count).